The Hall–Kier alpha value is -3.16. The number of carbonyl (C=O) groups is 2. The zero-order valence-electron chi connectivity index (χ0n) is 17.6. The molecule has 1 saturated heterocycles. The van der Waals surface area contributed by atoms with Gasteiger partial charge in [0, 0.05) is 24.0 Å². The summed E-state index contributed by atoms with van der Waals surface area (Å²) < 4.78 is 36.1. The van der Waals surface area contributed by atoms with Crippen LogP contribution in [0.15, 0.2) is 48.5 Å². The Morgan fingerprint density at radius 2 is 1.75 bits per heavy atom. The molecule has 0 bridgehead atoms. The molecule has 1 saturated carbocycles. The van der Waals surface area contributed by atoms with Gasteiger partial charge in [0.05, 0.1) is 6.10 Å². The molecule has 1 heterocycles. The minimum atomic E-state index is -2.98. The normalized spacial score (nSPS) is 19.3. The standard InChI is InChI=1S/C24H26F2N2O4/c25-24(26)32-20-13-12-16(15-21(20)31-18-9-4-5-10-18)27-22(29)19-11-6-14-28(23(19)30)17-7-2-1-3-8-17/h1-3,7-8,12-13,15,18-19,24H,4-6,9-11,14H2,(H,27,29)/t19-/m0/s1. The number of halogens is 2. The number of anilines is 2. The highest BCUT2D eigenvalue weighted by Gasteiger charge is 2.35. The number of carbonyl (C=O) groups excluding carboxylic acids is 2. The lowest BCUT2D eigenvalue weighted by molar-refractivity contribution is -0.132. The maximum atomic E-state index is 13.0. The summed E-state index contributed by atoms with van der Waals surface area (Å²) in [4.78, 5) is 27.5. The average molecular weight is 444 g/mol. The van der Waals surface area contributed by atoms with E-state index in [2.05, 4.69) is 10.1 Å². The Labute approximate surface area is 185 Å². The topological polar surface area (TPSA) is 67.9 Å². The van der Waals surface area contributed by atoms with E-state index in [-0.39, 0.29) is 23.5 Å². The second-order valence-corrected chi connectivity index (χ2v) is 8.07. The van der Waals surface area contributed by atoms with Gasteiger partial charge < -0.3 is 19.7 Å². The van der Waals surface area contributed by atoms with Crippen molar-refractivity contribution in [2.24, 2.45) is 5.92 Å². The maximum absolute atomic E-state index is 13.0. The summed E-state index contributed by atoms with van der Waals surface area (Å²) in [6.07, 6.45) is 4.82. The monoisotopic (exact) mass is 444 g/mol. The van der Waals surface area contributed by atoms with Crippen molar-refractivity contribution in [2.75, 3.05) is 16.8 Å². The largest absolute Gasteiger partial charge is 0.486 e. The van der Waals surface area contributed by atoms with E-state index in [9.17, 15) is 18.4 Å². The lowest BCUT2D eigenvalue weighted by atomic mass is 9.95. The average Bonchev–Trinajstić information content (AvgIpc) is 3.29. The quantitative estimate of drug-likeness (QED) is 0.611. The number of benzene rings is 2. The Kier molecular flexibility index (Phi) is 6.87. The Morgan fingerprint density at radius 1 is 1.00 bits per heavy atom. The van der Waals surface area contributed by atoms with Gasteiger partial charge in [-0.05, 0) is 62.8 Å². The summed E-state index contributed by atoms with van der Waals surface area (Å²) >= 11 is 0. The van der Waals surface area contributed by atoms with Crippen LogP contribution in [0.2, 0.25) is 0 Å². The van der Waals surface area contributed by atoms with Gasteiger partial charge in [0.2, 0.25) is 11.8 Å². The van der Waals surface area contributed by atoms with Crippen molar-refractivity contribution in [1.29, 1.82) is 0 Å². The molecule has 2 fully saturated rings. The maximum Gasteiger partial charge on any atom is 0.387 e. The fourth-order valence-electron chi connectivity index (χ4n) is 4.27. The van der Waals surface area contributed by atoms with E-state index in [1.54, 1.807) is 4.90 Å². The third-order valence-electron chi connectivity index (χ3n) is 5.85. The van der Waals surface area contributed by atoms with Crippen molar-refractivity contribution in [3.63, 3.8) is 0 Å². The highest BCUT2D eigenvalue weighted by atomic mass is 19.3. The predicted octanol–water partition coefficient (Wildman–Crippen LogP) is 4.99. The lowest BCUT2D eigenvalue weighted by Crippen LogP contribution is -2.46. The summed E-state index contributed by atoms with van der Waals surface area (Å²) in [5.74, 6) is -1.41. The molecule has 2 aliphatic rings. The first-order chi connectivity index (χ1) is 15.5. The molecule has 2 amide bonds. The number of hydrogen-bond donors (Lipinski definition) is 1. The minimum Gasteiger partial charge on any atom is -0.486 e. The fourth-order valence-corrected chi connectivity index (χ4v) is 4.27. The van der Waals surface area contributed by atoms with E-state index in [1.807, 2.05) is 30.3 Å². The molecule has 0 unspecified atom stereocenters. The first kappa shape index (κ1) is 22.0. The van der Waals surface area contributed by atoms with Gasteiger partial charge in [-0.15, -0.1) is 0 Å². The van der Waals surface area contributed by atoms with Crippen LogP contribution in [0.25, 0.3) is 0 Å². The summed E-state index contributed by atoms with van der Waals surface area (Å²) in [5.41, 5.74) is 1.13. The van der Waals surface area contributed by atoms with Crippen LogP contribution < -0.4 is 19.7 Å². The van der Waals surface area contributed by atoms with E-state index in [0.717, 1.165) is 31.4 Å². The molecule has 6 nitrogen and oxygen atoms in total. The number of rotatable bonds is 7. The molecular weight excluding hydrogens is 418 g/mol. The van der Waals surface area contributed by atoms with Crippen molar-refractivity contribution < 1.29 is 27.8 Å². The van der Waals surface area contributed by atoms with Crippen LogP contribution in [-0.4, -0.2) is 31.1 Å². The van der Waals surface area contributed by atoms with E-state index in [1.165, 1.54) is 18.2 Å². The number of para-hydroxylation sites is 1. The SMILES string of the molecule is O=C(Nc1ccc(OC(F)F)c(OC2CCCC2)c1)[C@@H]1CCCN(c2ccccc2)C1=O. The molecule has 0 radical (unpaired) electrons. The van der Waals surface area contributed by atoms with E-state index >= 15 is 0 Å². The van der Waals surface area contributed by atoms with Gasteiger partial charge in [-0.25, -0.2) is 0 Å². The fraction of sp³-hybridized carbons (Fsp3) is 0.417. The molecule has 2 aromatic rings. The number of ether oxygens (including phenoxy) is 2. The van der Waals surface area contributed by atoms with Crippen molar-refractivity contribution in [3.8, 4) is 11.5 Å². The number of nitrogens with one attached hydrogen (secondary N) is 1. The molecule has 170 valence electrons. The molecule has 1 atom stereocenters. The lowest BCUT2D eigenvalue weighted by Gasteiger charge is -2.31. The summed E-state index contributed by atoms with van der Waals surface area (Å²) in [6.45, 7) is -2.42. The zero-order chi connectivity index (χ0) is 22.5. The van der Waals surface area contributed by atoms with E-state index in [0.29, 0.717) is 25.1 Å². The highest BCUT2D eigenvalue weighted by Crippen LogP contribution is 2.35. The van der Waals surface area contributed by atoms with Crippen LogP contribution in [0.5, 0.6) is 11.5 Å². The van der Waals surface area contributed by atoms with Gasteiger partial charge in [0.25, 0.3) is 0 Å². The zero-order valence-corrected chi connectivity index (χ0v) is 17.6. The Morgan fingerprint density at radius 3 is 2.47 bits per heavy atom. The van der Waals surface area contributed by atoms with Gasteiger partial charge in [-0.2, -0.15) is 8.78 Å². The Balaban J connectivity index is 1.48. The number of piperidine rings is 1. The molecule has 0 spiro atoms. The van der Waals surface area contributed by atoms with E-state index < -0.39 is 18.4 Å². The van der Waals surface area contributed by atoms with Crippen LogP contribution in [-0.2, 0) is 9.59 Å². The van der Waals surface area contributed by atoms with Crippen molar-refractivity contribution in [1.82, 2.24) is 0 Å². The second kappa shape index (κ2) is 9.97. The summed E-state index contributed by atoms with van der Waals surface area (Å²) in [7, 11) is 0. The van der Waals surface area contributed by atoms with Gasteiger partial charge in [-0.1, -0.05) is 18.2 Å². The first-order valence-corrected chi connectivity index (χ1v) is 10.9. The highest BCUT2D eigenvalue weighted by molar-refractivity contribution is 6.12. The Bertz CT molecular complexity index is 948. The number of hydrogen-bond acceptors (Lipinski definition) is 4. The van der Waals surface area contributed by atoms with Crippen LogP contribution in [0, 0.1) is 5.92 Å². The molecule has 32 heavy (non-hydrogen) atoms. The number of amides is 2. The van der Waals surface area contributed by atoms with Crippen molar-refractivity contribution in [2.45, 2.75) is 51.2 Å². The van der Waals surface area contributed by atoms with Crippen molar-refractivity contribution in [3.05, 3.63) is 48.5 Å². The molecule has 1 N–H and O–H groups in total. The molecule has 0 aromatic heterocycles. The third kappa shape index (κ3) is 5.18. The van der Waals surface area contributed by atoms with Gasteiger partial charge in [0.15, 0.2) is 11.5 Å². The van der Waals surface area contributed by atoms with Crippen LogP contribution >= 0.6 is 0 Å². The molecule has 8 heteroatoms. The number of alkyl halides is 2. The van der Waals surface area contributed by atoms with Gasteiger partial charge in [0.1, 0.15) is 5.92 Å². The van der Waals surface area contributed by atoms with Gasteiger partial charge in [-0.3, -0.25) is 9.59 Å². The molecule has 4 rings (SSSR count). The molecule has 2 aromatic carbocycles. The predicted molar refractivity (Wildman–Crippen MR) is 116 cm³/mol. The molecule has 1 aliphatic heterocycles. The van der Waals surface area contributed by atoms with Crippen LogP contribution in [0.3, 0.4) is 0 Å². The van der Waals surface area contributed by atoms with Crippen molar-refractivity contribution >= 4 is 23.2 Å². The van der Waals surface area contributed by atoms with E-state index in [4.69, 9.17) is 4.74 Å². The smallest absolute Gasteiger partial charge is 0.387 e. The van der Waals surface area contributed by atoms with Crippen LogP contribution in [0.4, 0.5) is 20.2 Å². The van der Waals surface area contributed by atoms with Crippen LogP contribution in [0.1, 0.15) is 38.5 Å². The summed E-state index contributed by atoms with van der Waals surface area (Å²) in [6, 6.07) is 13.6. The molecule has 1 aliphatic carbocycles. The first-order valence-electron chi connectivity index (χ1n) is 10.9. The molecular formula is C24H26F2N2O4. The second-order valence-electron chi connectivity index (χ2n) is 8.07. The summed E-state index contributed by atoms with van der Waals surface area (Å²) in [5, 5.41) is 2.75. The number of nitrogens with zero attached hydrogens (tertiary/aromatic N) is 1. The third-order valence-corrected chi connectivity index (χ3v) is 5.85. The minimum absolute atomic E-state index is 0.0691. The van der Waals surface area contributed by atoms with Gasteiger partial charge >= 0.3 is 6.61 Å².